The molecule has 4 heteroatoms. The fourth-order valence-electron chi connectivity index (χ4n) is 2.81. The number of amides is 1. The molecule has 1 aliphatic heterocycles. The third-order valence-corrected chi connectivity index (χ3v) is 3.93. The van der Waals surface area contributed by atoms with Crippen molar-refractivity contribution >= 4 is 11.6 Å². The molecule has 1 aliphatic rings. The average Bonchev–Trinajstić information content (AvgIpc) is 2.46. The summed E-state index contributed by atoms with van der Waals surface area (Å²) in [7, 11) is 0. The molecule has 2 aromatic carbocycles. The maximum atomic E-state index is 13.1. The quantitative estimate of drug-likeness (QED) is 0.871. The molecule has 1 heterocycles. The van der Waals surface area contributed by atoms with Crippen LogP contribution in [-0.4, -0.2) is 17.1 Å². The molecule has 0 bridgehead atoms. The van der Waals surface area contributed by atoms with Gasteiger partial charge in [0.15, 0.2) is 0 Å². The Morgan fingerprint density at radius 3 is 2.81 bits per heavy atom. The van der Waals surface area contributed by atoms with E-state index in [4.69, 9.17) is 0 Å². The van der Waals surface area contributed by atoms with E-state index in [9.17, 15) is 14.3 Å². The maximum Gasteiger partial charge on any atom is 0.262 e. The Hall–Kier alpha value is -2.36. The molecule has 1 atom stereocenters. The molecule has 1 amide bonds. The second kappa shape index (κ2) is 5.20. The number of phenols is 1. The van der Waals surface area contributed by atoms with Crippen molar-refractivity contribution in [3.05, 3.63) is 59.4 Å². The normalized spacial score (nSPS) is 17.4. The lowest BCUT2D eigenvalue weighted by Crippen LogP contribution is -2.42. The van der Waals surface area contributed by atoms with Crippen molar-refractivity contribution in [2.45, 2.75) is 25.8 Å². The largest absolute Gasteiger partial charge is 0.507 e. The van der Waals surface area contributed by atoms with E-state index in [2.05, 4.69) is 0 Å². The number of halogens is 1. The molecular formula is C17H16FNO2. The minimum absolute atomic E-state index is 0.0388. The van der Waals surface area contributed by atoms with E-state index in [0.29, 0.717) is 0 Å². The molecule has 0 saturated heterocycles. The Kier molecular flexibility index (Phi) is 3.37. The first-order valence-corrected chi connectivity index (χ1v) is 6.98. The van der Waals surface area contributed by atoms with Crippen LogP contribution in [-0.2, 0) is 6.42 Å². The van der Waals surface area contributed by atoms with Gasteiger partial charge in [0.25, 0.3) is 5.91 Å². The van der Waals surface area contributed by atoms with Gasteiger partial charge in [0.2, 0.25) is 0 Å². The van der Waals surface area contributed by atoms with Gasteiger partial charge in [-0.3, -0.25) is 4.79 Å². The van der Waals surface area contributed by atoms with Crippen molar-refractivity contribution in [3.8, 4) is 5.75 Å². The summed E-state index contributed by atoms with van der Waals surface area (Å²) in [6.07, 6.45) is 1.79. The van der Waals surface area contributed by atoms with Gasteiger partial charge in [-0.15, -0.1) is 0 Å². The highest BCUT2D eigenvalue weighted by atomic mass is 19.1. The Morgan fingerprint density at radius 1 is 1.29 bits per heavy atom. The summed E-state index contributed by atoms with van der Waals surface area (Å²) in [5, 5.41) is 9.84. The third-order valence-electron chi connectivity index (χ3n) is 3.93. The number of carbonyl (C=O) groups excluding carboxylic acids is 1. The summed E-state index contributed by atoms with van der Waals surface area (Å²) in [6.45, 7) is 1.98. The molecule has 0 aromatic heterocycles. The fourth-order valence-corrected chi connectivity index (χ4v) is 2.81. The molecule has 0 saturated carbocycles. The molecular weight excluding hydrogens is 269 g/mol. The SMILES string of the molecule is CC1CCc2ccccc2N1C(=O)c1ccc(F)cc1O. The van der Waals surface area contributed by atoms with Crippen molar-refractivity contribution in [2.24, 2.45) is 0 Å². The lowest BCUT2D eigenvalue weighted by atomic mass is 9.95. The van der Waals surface area contributed by atoms with Gasteiger partial charge in [-0.2, -0.15) is 0 Å². The zero-order valence-electron chi connectivity index (χ0n) is 11.7. The van der Waals surface area contributed by atoms with Gasteiger partial charge < -0.3 is 10.0 Å². The second-order valence-corrected chi connectivity index (χ2v) is 5.35. The van der Waals surface area contributed by atoms with Crippen LogP contribution >= 0.6 is 0 Å². The fraction of sp³-hybridized carbons (Fsp3) is 0.235. The van der Waals surface area contributed by atoms with Crippen LogP contribution in [0, 0.1) is 5.82 Å². The van der Waals surface area contributed by atoms with Gasteiger partial charge in [-0.1, -0.05) is 18.2 Å². The van der Waals surface area contributed by atoms with E-state index in [1.165, 1.54) is 12.1 Å². The van der Waals surface area contributed by atoms with Crippen LogP contribution in [0.15, 0.2) is 42.5 Å². The van der Waals surface area contributed by atoms with E-state index < -0.39 is 5.82 Å². The number of phenolic OH excluding ortho intramolecular Hbond substituents is 1. The lowest BCUT2D eigenvalue weighted by molar-refractivity contribution is 0.0972. The molecule has 0 aliphatic carbocycles. The number of fused-ring (bicyclic) bond motifs is 1. The van der Waals surface area contributed by atoms with E-state index in [1.54, 1.807) is 4.90 Å². The highest BCUT2D eigenvalue weighted by Gasteiger charge is 2.30. The summed E-state index contributed by atoms with van der Waals surface area (Å²) in [5.41, 5.74) is 2.11. The van der Waals surface area contributed by atoms with Gasteiger partial charge >= 0.3 is 0 Å². The molecule has 1 N–H and O–H groups in total. The minimum atomic E-state index is -0.559. The highest BCUT2D eigenvalue weighted by Crippen LogP contribution is 2.33. The van der Waals surface area contributed by atoms with Crippen molar-refractivity contribution in [1.29, 1.82) is 0 Å². The van der Waals surface area contributed by atoms with Crippen molar-refractivity contribution in [2.75, 3.05) is 4.90 Å². The zero-order valence-corrected chi connectivity index (χ0v) is 11.7. The number of hydrogen-bond donors (Lipinski definition) is 1. The molecule has 21 heavy (non-hydrogen) atoms. The number of para-hydroxylation sites is 1. The number of anilines is 1. The Balaban J connectivity index is 2.05. The predicted octanol–water partition coefficient (Wildman–Crippen LogP) is 3.51. The van der Waals surface area contributed by atoms with Crippen LogP contribution in [0.5, 0.6) is 5.75 Å². The van der Waals surface area contributed by atoms with Gasteiger partial charge in [0.1, 0.15) is 11.6 Å². The molecule has 0 radical (unpaired) electrons. The first-order valence-electron chi connectivity index (χ1n) is 6.98. The molecule has 3 rings (SSSR count). The molecule has 2 aromatic rings. The minimum Gasteiger partial charge on any atom is -0.507 e. The second-order valence-electron chi connectivity index (χ2n) is 5.35. The number of carbonyl (C=O) groups is 1. The molecule has 1 unspecified atom stereocenters. The summed E-state index contributed by atoms with van der Waals surface area (Å²) >= 11 is 0. The van der Waals surface area contributed by atoms with E-state index in [1.807, 2.05) is 31.2 Å². The van der Waals surface area contributed by atoms with Gasteiger partial charge in [0.05, 0.1) is 5.56 Å². The van der Waals surface area contributed by atoms with Crippen LogP contribution in [0.1, 0.15) is 29.3 Å². The number of aromatic hydroxyl groups is 1. The Labute approximate surface area is 122 Å². The standard InChI is InChI=1S/C17H16FNO2/c1-11-6-7-12-4-2-3-5-15(12)19(11)17(21)14-9-8-13(18)10-16(14)20/h2-5,8-11,20H,6-7H2,1H3. The average molecular weight is 285 g/mol. The van der Waals surface area contributed by atoms with Crippen LogP contribution in [0.25, 0.3) is 0 Å². The monoisotopic (exact) mass is 285 g/mol. The summed E-state index contributed by atoms with van der Waals surface area (Å²) in [6, 6.07) is 11.3. The van der Waals surface area contributed by atoms with Crippen LogP contribution in [0.3, 0.4) is 0 Å². The predicted molar refractivity (Wildman–Crippen MR) is 79.1 cm³/mol. The van der Waals surface area contributed by atoms with Gasteiger partial charge in [0, 0.05) is 17.8 Å². The Bertz CT molecular complexity index is 699. The summed E-state index contributed by atoms with van der Waals surface area (Å²) in [4.78, 5) is 14.4. The van der Waals surface area contributed by atoms with Crippen molar-refractivity contribution < 1.29 is 14.3 Å². The summed E-state index contributed by atoms with van der Waals surface area (Å²) in [5.74, 6) is -1.18. The third kappa shape index (κ3) is 2.37. The number of benzene rings is 2. The topological polar surface area (TPSA) is 40.5 Å². The molecule has 0 fully saturated rings. The number of nitrogens with zero attached hydrogens (tertiary/aromatic N) is 1. The Morgan fingerprint density at radius 2 is 2.05 bits per heavy atom. The summed E-state index contributed by atoms with van der Waals surface area (Å²) < 4.78 is 13.1. The molecule has 3 nitrogen and oxygen atoms in total. The lowest BCUT2D eigenvalue weighted by Gasteiger charge is -2.35. The first kappa shape index (κ1) is 13.6. The van der Waals surface area contributed by atoms with Crippen molar-refractivity contribution in [1.82, 2.24) is 0 Å². The van der Waals surface area contributed by atoms with E-state index >= 15 is 0 Å². The van der Waals surface area contributed by atoms with Gasteiger partial charge in [-0.25, -0.2) is 4.39 Å². The highest BCUT2D eigenvalue weighted by molar-refractivity contribution is 6.08. The maximum absolute atomic E-state index is 13.1. The van der Waals surface area contributed by atoms with E-state index in [0.717, 1.165) is 30.2 Å². The van der Waals surface area contributed by atoms with Crippen molar-refractivity contribution in [3.63, 3.8) is 0 Å². The van der Waals surface area contributed by atoms with E-state index in [-0.39, 0.29) is 23.3 Å². The zero-order chi connectivity index (χ0) is 15.0. The number of rotatable bonds is 1. The van der Waals surface area contributed by atoms with Gasteiger partial charge in [-0.05, 0) is 43.5 Å². The molecule has 0 spiro atoms. The first-order chi connectivity index (χ1) is 10.1. The van der Waals surface area contributed by atoms with Crippen LogP contribution in [0.2, 0.25) is 0 Å². The smallest absolute Gasteiger partial charge is 0.262 e. The molecule has 108 valence electrons. The number of aryl methyl sites for hydroxylation is 1. The van der Waals surface area contributed by atoms with Crippen LogP contribution < -0.4 is 4.90 Å². The van der Waals surface area contributed by atoms with Crippen LogP contribution in [0.4, 0.5) is 10.1 Å². The number of hydrogen-bond acceptors (Lipinski definition) is 2.